The van der Waals surface area contributed by atoms with Crippen LogP contribution in [-0.4, -0.2) is 12.6 Å². The first kappa shape index (κ1) is 8.83. The van der Waals surface area contributed by atoms with Gasteiger partial charge in [0.15, 0.2) is 0 Å². The number of esters is 1. The Balaban J connectivity index is 2.10. The zero-order chi connectivity index (χ0) is 9.80. The van der Waals surface area contributed by atoms with Crippen molar-refractivity contribution in [1.82, 2.24) is 0 Å². The molecule has 1 aliphatic heterocycles. The fraction of sp³-hybridized carbons (Fsp3) is 0.250. The molecule has 0 radical (unpaired) electrons. The second-order valence-electron chi connectivity index (χ2n) is 3.14. The Labute approximate surface area is 82.9 Å². The van der Waals surface area contributed by atoms with E-state index in [0.29, 0.717) is 6.61 Å². The summed E-state index contributed by atoms with van der Waals surface area (Å²) >= 11 is 0. The Morgan fingerprint density at radius 3 is 2.71 bits per heavy atom. The van der Waals surface area contributed by atoms with Gasteiger partial charge in [-0.3, -0.25) is 4.79 Å². The van der Waals surface area contributed by atoms with Crippen LogP contribution in [0.25, 0.3) is 0 Å². The summed E-state index contributed by atoms with van der Waals surface area (Å²) in [5.74, 6) is 5.48. The molecule has 1 aromatic carbocycles. The molecular weight excluding hydrogens is 176 g/mol. The quantitative estimate of drug-likeness (QED) is 0.454. The number of rotatable bonds is 0. The van der Waals surface area contributed by atoms with Gasteiger partial charge < -0.3 is 4.74 Å². The average Bonchev–Trinajstić information content (AvgIpc) is 2.63. The minimum absolute atomic E-state index is 0.187. The second kappa shape index (κ2) is 3.97. The van der Waals surface area contributed by atoms with Crippen LogP contribution in [0.5, 0.6) is 0 Å². The minimum atomic E-state index is -0.227. The lowest BCUT2D eigenvalue weighted by Crippen LogP contribution is -2.04. The van der Waals surface area contributed by atoms with Gasteiger partial charge in [0.05, 0.1) is 6.61 Å². The smallest absolute Gasteiger partial charge is 0.321 e. The van der Waals surface area contributed by atoms with E-state index in [2.05, 4.69) is 11.8 Å². The molecule has 1 atom stereocenters. The monoisotopic (exact) mass is 186 g/mol. The molecule has 0 N–H and O–H groups in total. The van der Waals surface area contributed by atoms with Crippen LogP contribution in [0, 0.1) is 17.8 Å². The summed E-state index contributed by atoms with van der Waals surface area (Å²) in [6.45, 7) is 0.507. The lowest BCUT2D eigenvalue weighted by atomic mass is 10.1. The van der Waals surface area contributed by atoms with E-state index in [4.69, 9.17) is 4.74 Å². The molecule has 14 heavy (non-hydrogen) atoms. The maximum absolute atomic E-state index is 11.1. The summed E-state index contributed by atoms with van der Waals surface area (Å²) in [7, 11) is 0. The molecule has 0 bridgehead atoms. The number of ether oxygens (including phenoxy) is 1. The predicted molar refractivity (Wildman–Crippen MR) is 52.4 cm³/mol. The van der Waals surface area contributed by atoms with Crippen LogP contribution < -0.4 is 0 Å². The summed E-state index contributed by atoms with van der Waals surface area (Å²) < 4.78 is 4.81. The Morgan fingerprint density at radius 1 is 1.29 bits per heavy atom. The Bertz CT molecular complexity index is 384. The number of hydrogen-bond acceptors (Lipinski definition) is 2. The molecule has 0 aromatic heterocycles. The maximum Gasteiger partial charge on any atom is 0.321 e. The van der Waals surface area contributed by atoms with Crippen molar-refractivity contribution in [2.45, 2.75) is 6.42 Å². The highest BCUT2D eigenvalue weighted by molar-refractivity contribution is 5.77. The third-order valence-electron chi connectivity index (χ3n) is 2.10. The van der Waals surface area contributed by atoms with E-state index in [1.54, 1.807) is 0 Å². The molecule has 1 aromatic rings. The highest BCUT2D eigenvalue weighted by Crippen LogP contribution is 2.12. The lowest BCUT2D eigenvalue weighted by molar-refractivity contribution is -0.139. The molecule has 2 nitrogen and oxygen atoms in total. The molecule has 2 heteroatoms. The van der Waals surface area contributed by atoms with E-state index in [1.165, 1.54) is 0 Å². The molecule has 0 saturated carbocycles. The van der Waals surface area contributed by atoms with Gasteiger partial charge in [0.1, 0.15) is 5.92 Å². The Kier molecular flexibility index (Phi) is 2.51. The van der Waals surface area contributed by atoms with Crippen LogP contribution in [0.15, 0.2) is 30.3 Å². The summed E-state index contributed by atoms with van der Waals surface area (Å²) in [5.41, 5.74) is 0.937. The van der Waals surface area contributed by atoms with Crippen molar-refractivity contribution >= 4 is 5.97 Å². The third kappa shape index (κ3) is 1.94. The number of cyclic esters (lactones) is 1. The molecule has 0 spiro atoms. The molecule has 0 amide bonds. The van der Waals surface area contributed by atoms with Crippen molar-refractivity contribution in [2.75, 3.05) is 6.61 Å². The van der Waals surface area contributed by atoms with Crippen molar-refractivity contribution in [2.24, 2.45) is 5.92 Å². The van der Waals surface area contributed by atoms with Crippen LogP contribution in [-0.2, 0) is 9.53 Å². The zero-order valence-electron chi connectivity index (χ0n) is 7.69. The lowest BCUT2D eigenvalue weighted by Gasteiger charge is -1.92. The van der Waals surface area contributed by atoms with E-state index in [9.17, 15) is 4.79 Å². The highest BCUT2D eigenvalue weighted by atomic mass is 16.5. The molecule has 70 valence electrons. The van der Waals surface area contributed by atoms with Crippen LogP contribution >= 0.6 is 0 Å². The topological polar surface area (TPSA) is 26.3 Å². The predicted octanol–water partition coefficient (Wildman–Crippen LogP) is 1.60. The molecule has 0 aliphatic carbocycles. The van der Waals surface area contributed by atoms with Crippen LogP contribution in [0.1, 0.15) is 12.0 Å². The second-order valence-corrected chi connectivity index (χ2v) is 3.14. The molecule has 1 heterocycles. The van der Waals surface area contributed by atoms with E-state index in [1.807, 2.05) is 30.3 Å². The van der Waals surface area contributed by atoms with Crippen molar-refractivity contribution < 1.29 is 9.53 Å². The molecule has 1 saturated heterocycles. The van der Waals surface area contributed by atoms with Crippen LogP contribution in [0.4, 0.5) is 0 Å². The van der Waals surface area contributed by atoms with Crippen LogP contribution in [0.3, 0.4) is 0 Å². The van der Waals surface area contributed by atoms with Gasteiger partial charge in [-0.2, -0.15) is 0 Å². The first-order valence-electron chi connectivity index (χ1n) is 4.59. The molecule has 1 aliphatic rings. The van der Waals surface area contributed by atoms with Crippen molar-refractivity contribution in [3.8, 4) is 11.8 Å². The van der Waals surface area contributed by atoms with Gasteiger partial charge in [0.2, 0.25) is 0 Å². The largest absolute Gasteiger partial charge is 0.465 e. The average molecular weight is 186 g/mol. The van der Waals surface area contributed by atoms with E-state index in [0.717, 1.165) is 12.0 Å². The van der Waals surface area contributed by atoms with Gasteiger partial charge >= 0.3 is 5.97 Å². The number of hydrogen-bond donors (Lipinski definition) is 0. The summed E-state index contributed by atoms with van der Waals surface area (Å²) in [4.78, 5) is 11.1. The van der Waals surface area contributed by atoms with Gasteiger partial charge in [0, 0.05) is 12.0 Å². The maximum atomic E-state index is 11.1. The minimum Gasteiger partial charge on any atom is -0.465 e. The summed E-state index contributed by atoms with van der Waals surface area (Å²) in [6, 6.07) is 9.64. The third-order valence-corrected chi connectivity index (χ3v) is 2.10. The summed E-state index contributed by atoms with van der Waals surface area (Å²) in [5, 5.41) is 0. The number of carbonyl (C=O) groups excluding carboxylic acids is 1. The SMILES string of the molecule is O=C1OCC[C@H]1C#Cc1ccccc1. The number of carbonyl (C=O) groups is 1. The van der Waals surface area contributed by atoms with Gasteiger partial charge in [-0.1, -0.05) is 30.0 Å². The van der Waals surface area contributed by atoms with E-state index < -0.39 is 0 Å². The van der Waals surface area contributed by atoms with Gasteiger partial charge in [-0.05, 0) is 12.1 Å². The Hall–Kier alpha value is -1.75. The van der Waals surface area contributed by atoms with Gasteiger partial charge in [-0.25, -0.2) is 0 Å². The molecule has 1 fully saturated rings. The van der Waals surface area contributed by atoms with Gasteiger partial charge in [0.25, 0.3) is 0 Å². The van der Waals surface area contributed by atoms with Crippen molar-refractivity contribution in [3.05, 3.63) is 35.9 Å². The van der Waals surface area contributed by atoms with Gasteiger partial charge in [-0.15, -0.1) is 0 Å². The molecule has 0 unspecified atom stereocenters. The normalized spacial score (nSPS) is 19.7. The van der Waals surface area contributed by atoms with E-state index in [-0.39, 0.29) is 11.9 Å². The van der Waals surface area contributed by atoms with E-state index >= 15 is 0 Å². The standard InChI is InChI=1S/C12H10O2/c13-12-11(8-9-14-12)7-6-10-4-2-1-3-5-10/h1-5,11H,8-9H2/t11-/m1/s1. The molecule has 2 rings (SSSR count). The highest BCUT2D eigenvalue weighted by Gasteiger charge is 2.23. The number of benzene rings is 1. The van der Waals surface area contributed by atoms with Crippen LogP contribution in [0.2, 0.25) is 0 Å². The zero-order valence-corrected chi connectivity index (χ0v) is 7.69. The first-order chi connectivity index (χ1) is 6.86. The fourth-order valence-corrected chi connectivity index (χ4v) is 1.32. The first-order valence-corrected chi connectivity index (χ1v) is 4.59. The fourth-order valence-electron chi connectivity index (χ4n) is 1.32. The Morgan fingerprint density at radius 2 is 2.07 bits per heavy atom. The van der Waals surface area contributed by atoms with Crippen molar-refractivity contribution in [1.29, 1.82) is 0 Å². The van der Waals surface area contributed by atoms with Crippen molar-refractivity contribution in [3.63, 3.8) is 0 Å². The molecular formula is C12H10O2. The summed E-state index contributed by atoms with van der Waals surface area (Å²) in [6.07, 6.45) is 0.721.